The molecule has 11 heteroatoms. The molecule has 1 aliphatic rings. The van der Waals surface area contributed by atoms with Crippen molar-refractivity contribution in [3.8, 4) is 11.5 Å². The summed E-state index contributed by atoms with van der Waals surface area (Å²) in [6, 6.07) is 9.71. The van der Waals surface area contributed by atoms with Crippen molar-refractivity contribution >= 4 is 32.3 Å². The van der Waals surface area contributed by atoms with Gasteiger partial charge in [0.2, 0.25) is 10.0 Å². The third-order valence-electron chi connectivity index (χ3n) is 5.53. The second-order valence-corrected chi connectivity index (χ2v) is 11.5. The number of fused-ring (bicyclic) bond motifs is 1. The highest BCUT2D eigenvalue weighted by Gasteiger charge is 2.23. The van der Waals surface area contributed by atoms with E-state index in [-0.39, 0.29) is 28.7 Å². The number of methoxy groups -OCH3 is 2. The minimum absolute atomic E-state index is 0. The third kappa shape index (κ3) is 6.83. The lowest BCUT2D eigenvalue weighted by molar-refractivity contribution is 0.248. The standard InChI is InChI=1S/C22H30N2O6S2.ClH/c1-29-19-14-17-10-13-24(16-18(17)15-20(19)30-2)12-7-6-11-23-32(27,28)22-9-5-4-8-21(22)31(3,25)26;/h4-5,8-9,14-15,23H,6-7,10-13,16H2,1-3H3;1H. The van der Waals surface area contributed by atoms with Crippen LogP contribution in [0.15, 0.2) is 46.2 Å². The lowest BCUT2D eigenvalue weighted by Crippen LogP contribution is -2.32. The average molecular weight is 519 g/mol. The summed E-state index contributed by atoms with van der Waals surface area (Å²) in [5, 5.41) is 0. The Morgan fingerprint density at radius 3 is 2.15 bits per heavy atom. The van der Waals surface area contributed by atoms with E-state index in [4.69, 9.17) is 9.47 Å². The molecule has 0 saturated heterocycles. The van der Waals surface area contributed by atoms with Gasteiger partial charge in [-0.1, -0.05) is 12.1 Å². The van der Waals surface area contributed by atoms with Crippen molar-refractivity contribution < 1.29 is 26.3 Å². The Hall–Kier alpha value is -1.85. The number of unbranched alkanes of at least 4 members (excludes halogenated alkanes) is 1. The van der Waals surface area contributed by atoms with Gasteiger partial charge in [0.1, 0.15) is 4.90 Å². The van der Waals surface area contributed by atoms with Crippen LogP contribution in [0.1, 0.15) is 24.0 Å². The summed E-state index contributed by atoms with van der Waals surface area (Å²) in [6.07, 6.45) is 3.39. The van der Waals surface area contributed by atoms with Gasteiger partial charge in [0.15, 0.2) is 21.3 Å². The maximum Gasteiger partial charge on any atom is 0.241 e. The van der Waals surface area contributed by atoms with Crippen LogP contribution in [0, 0.1) is 0 Å². The number of sulfone groups is 1. The Kier molecular flexibility index (Phi) is 9.57. The molecule has 1 aliphatic heterocycles. The molecule has 2 aromatic rings. The fourth-order valence-electron chi connectivity index (χ4n) is 3.86. The fraction of sp³-hybridized carbons (Fsp3) is 0.455. The Labute approximate surface area is 202 Å². The van der Waals surface area contributed by atoms with Gasteiger partial charge in [-0.2, -0.15) is 0 Å². The number of benzene rings is 2. The van der Waals surface area contributed by atoms with Crippen LogP contribution >= 0.6 is 12.4 Å². The number of sulfonamides is 1. The third-order valence-corrected chi connectivity index (χ3v) is 8.33. The number of ether oxygens (including phenoxy) is 2. The van der Waals surface area contributed by atoms with E-state index in [1.165, 1.54) is 35.4 Å². The molecule has 0 fully saturated rings. The van der Waals surface area contributed by atoms with Gasteiger partial charge in [-0.25, -0.2) is 21.6 Å². The topological polar surface area (TPSA) is 102 Å². The van der Waals surface area contributed by atoms with Gasteiger partial charge >= 0.3 is 0 Å². The van der Waals surface area contributed by atoms with E-state index in [1.54, 1.807) is 14.2 Å². The molecule has 184 valence electrons. The molecule has 0 amide bonds. The minimum Gasteiger partial charge on any atom is -0.493 e. The number of halogens is 1. The van der Waals surface area contributed by atoms with E-state index in [0.717, 1.165) is 50.2 Å². The lowest BCUT2D eigenvalue weighted by Gasteiger charge is -2.29. The maximum atomic E-state index is 12.6. The van der Waals surface area contributed by atoms with Gasteiger partial charge in [-0.15, -0.1) is 12.4 Å². The summed E-state index contributed by atoms with van der Waals surface area (Å²) in [4.78, 5) is 1.94. The molecule has 1 heterocycles. The van der Waals surface area contributed by atoms with Crippen LogP contribution in [-0.2, 0) is 32.8 Å². The summed E-state index contributed by atoms with van der Waals surface area (Å²) in [6.45, 7) is 2.82. The molecule has 8 nitrogen and oxygen atoms in total. The monoisotopic (exact) mass is 518 g/mol. The van der Waals surface area contributed by atoms with E-state index >= 15 is 0 Å². The number of hydrogen-bond acceptors (Lipinski definition) is 7. The first-order valence-electron chi connectivity index (χ1n) is 10.4. The quantitative estimate of drug-likeness (QED) is 0.482. The van der Waals surface area contributed by atoms with E-state index in [1.807, 2.05) is 12.1 Å². The second-order valence-electron chi connectivity index (χ2n) is 7.83. The second kappa shape index (κ2) is 11.5. The van der Waals surface area contributed by atoms with E-state index < -0.39 is 19.9 Å². The number of nitrogens with zero attached hydrogens (tertiary/aromatic N) is 1. The van der Waals surface area contributed by atoms with E-state index in [0.29, 0.717) is 6.42 Å². The minimum atomic E-state index is -3.90. The van der Waals surface area contributed by atoms with E-state index in [2.05, 4.69) is 9.62 Å². The molecule has 2 aromatic carbocycles. The zero-order valence-corrected chi connectivity index (χ0v) is 21.5. The van der Waals surface area contributed by atoms with Gasteiger partial charge in [0.05, 0.1) is 19.1 Å². The van der Waals surface area contributed by atoms with Gasteiger partial charge < -0.3 is 9.47 Å². The molecule has 0 saturated carbocycles. The molecule has 0 aromatic heterocycles. The summed E-state index contributed by atoms with van der Waals surface area (Å²) in [5.74, 6) is 1.46. The molecule has 0 spiro atoms. The Bertz CT molecular complexity index is 1170. The number of hydrogen-bond donors (Lipinski definition) is 1. The summed E-state index contributed by atoms with van der Waals surface area (Å²) >= 11 is 0. The van der Waals surface area contributed by atoms with Gasteiger partial charge in [0, 0.05) is 25.9 Å². The van der Waals surface area contributed by atoms with Crippen LogP contribution in [-0.4, -0.2) is 61.8 Å². The molecule has 0 radical (unpaired) electrons. The van der Waals surface area contributed by atoms with Crippen LogP contribution in [0.3, 0.4) is 0 Å². The highest BCUT2D eigenvalue weighted by Crippen LogP contribution is 2.33. The molecule has 0 atom stereocenters. The predicted octanol–water partition coefficient (Wildman–Crippen LogP) is 2.65. The maximum absolute atomic E-state index is 12.6. The van der Waals surface area contributed by atoms with Crippen molar-refractivity contribution in [3.63, 3.8) is 0 Å². The van der Waals surface area contributed by atoms with Crippen molar-refractivity contribution in [1.29, 1.82) is 0 Å². The summed E-state index contributed by atoms with van der Waals surface area (Å²) in [5.41, 5.74) is 2.48. The number of rotatable bonds is 10. The molecule has 33 heavy (non-hydrogen) atoms. The molecular weight excluding hydrogens is 488 g/mol. The van der Waals surface area contributed by atoms with Crippen LogP contribution in [0.5, 0.6) is 11.5 Å². The van der Waals surface area contributed by atoms with E-state index in [9.17, 15) is 16.8 Å². The lowest BCUT2D eigenvalue weighted by atomic mass is 9.98. The van der Waals surface area contributed by atoms with Gasteiger partial charge in [-0.3, -0.25) is 4.90 Å². The normalized spacial score (nSPS) is 14.3. The summed E-state index contributed by atoms with van der Waals surface area (Å²) in [7, 11) is -4.29. The highest BCUT2D eigenvalue weighted by atomic mass is 35.5. The predicted molar refractivity (Wildman–Crippen MR) is 130 cm³/mol. The van der Waals surface area contributed by atoms with Gasteiger partial charge in [0.25, 0.3) is 0 Å². The first-order valence-corrected chi connectivity index (χ1v) is 13.8. The molecule has 0 bridgehead atoms. The first kappa shape index (κ1) is 27.4. The largest absolute Gasteiger partial charge is 0.493 e. The van der Waals surface area contributed by atoms with Crippen LogP contribution < -0.4 is 14.2 Å². The van der Waals surface area contributed by atoms with Crippen molar-refractivity contribution in [3.05, 3.63) is 47.5 Å². The Balaban J connectivity index is 0.00000385. The first-order chi connectivity index (χ1) is 15.2. The molecular formula is C22H31ClN2O6S2. The van der Waals surface area contributed by atoms with Gasteiger partial charge in [-0.05, 0) is 61.2 Å². The van der Waals surface area contributed by atoms with Crippen LogP contribution in [0.4, 0.5) is 0 Å². The summed E-state index contributed by atoms with van der Waals surface area (Å²) < 4.78 is 62.3. The molecule has 0 aliphatic carbocycles. The zero-order chi connectivity index (χ0) is 23.4. The van der Waals surface area contributed by atoms with Crippen molar-refractivity contribution in [2.24, 2.45) is 0 Å². The number of nitrogens with one attached hydrogen (secondary N) is 1. The SMILES string of the molecule is COc1cc2c(cc1OC)CN(CCCCNS(=O)(=O)c1ccccc1S(C)(=O)=O)CC2.Cl. The molecule has 1 N–H and O–H groups in total. The fourth-order valence-corrected chi connectivity index (χ4v) is 6.56. The molecule has 3 rings (SSSR count). The van der Waals surface area contributed by atoms with Crippen molar-refractivity contribution in [1.82, 2.24) is 9.62 Å². The Morgan fingerprint density at radius 1 is 0.939 bits per heavy atom. The smallest absolute Gasteiger partial charge is 0.241 e. The van der Waals surface area contributed by atoms with Crippen molar-refractivity contribution in [2.75, 3.05) is 40.1 Å². The zero-order valence-electron chi connectivity index (χ0n) is 19.0. The average Bonchev–Trinajstić information content (AvgIpc) is 2.77. The van der Waals surface area contributed by atoms with Crippen LogP contribution in [0.2, 0.25) is 0 Å². The Morgan fingerprint density at radius 2 is 1.55 bits per heavy atom. The molecule has 0 unspecified atom stereocenters. The van der Waals surface area contributed by atoms with Crippen molar-refractivity contribution in [2.45, 2.75) is 35.6 Å². The van der Waals surface area contributed by atoms with Crippen LogP contribution in [0.25, 0.3) is 0 Å². The highest BCUT2D eigenvalue weighted by molar-refractivity contribution is 7.93.